The maximum atomic E-state index is 11.9. The Balaban J connectivity index is 1.82. The molecule has 0 saturated carbocycles. The Kier molecular flexibility index (Phi) is 6.85. The summed E-state index contributed by atoms with van der Waals surface area (Å²) >= 11 is 0. The SMILES string of the molecule is CN=C(NCC(C)(C)C(=O)NC)N1CCC(Cc2ccccc2)CC1. The van der Waals surface area contributed by atoms with E-state index in [-0.39, 0.29) is 5.91 Å². The predicted molar refractivity (Wildman–Crippen MR) is 104 cm³/mol. The van der Waals surface area contributed by atoms with E-state index in [0.717, 1.165) is 31.4 Å². The third kappa shape index (κ3) is 5.48. The summed E-state index contributed by atoms with van der Waals surface area (Å²) in [6.45, 7) is 6.48. The molecule has 0 aromatic heterocycles. The van der Waals surface area contributed by atoms with Crippen LogP contribution in [0.3, 0.4) is 0 Å². The van der Waals surface area contributed by atoms with Crippen LogP contribution in [0.1, 0.15) is 32.3 Å². The Morgan fingerprint density at radius 3 is 2.44 bits per heavy atom. The fourth-order valence-electron chi connectivity index (χ4n) is 3.35. The second kappa shape index (κ2) is 8.88. The number of amides is 1. The first-order valence-corrected chi connectivity index (χ1v) is 9.18. The molecule has 0 radical (unpaired) electrons. The van der Waals surface area contributed by atoms with Crippen LogP contribution in [0.2, 0.25) is 0 Å². The minimum atomic E-state index is -0.462. The molecule has 0 atom stereocenters. The lowest BCUT2D eigenvalue weighted by molar-refractivity contribution is -0.128. The maximum absolute atomic E-state index is 11.9. The molecule has 1 aliphatic rings. The van der Waals surface area contributed by atoms with E-state index in [2.05, 4.69) is 50.9 Å². The van der Waals surface area contributed by atoms with Gasteiger partial charge in [-0.2, -0.15) is 0 Å². The third-order valence-corrected chi connectivity index (χ3v) is 5.02. The van der Waals surface area contributed by atoms with E-state index in [1.807, 2.05) is 20.9 Å². The number of nitrogens with zero attached hydrogens (tertiary/aromatic N) is 2. The summed E-state index contributed by atoms with van der Waals surface area (Å²) in [6, 6.07) is 10.7. The summed E-state index contributed by atoms with van der Waals surface area (Å²) in [6.07, 6.45) is 3.51. The number of likely N-dealkylation sites (tertiary alicyclic amines) is 1. The van der Waals surface area contributed by atoms with E-state index < -0.39 is 5.41 Å². The zero-order valence-electron chi connectivity index (χ0n) is 16.0. The van der Waals surface area contributed by atoms with Gasteiger partial charge in [0.15, 0.2) is 5.96 Å². The van der Waals surface area contributed by atoms with Gasteiger partial charge in [0, 0.05) is 33.7 Å². The average molecular weight is 345 g/mol. The molecule has 1 aromatic rings. The van der Waals surface area contributed by atoms with Crippen LogP contribution in [0.25, 0.3) is 0 Å². The highest BCUT2D eigenvalue weighted by Crippen LogP contribution is 2.22. The first-order chi connectivity index (χ1) is 12.0. The minimum absolute atomic E-state index is 0.0389. The predicted octanol–water partition coefficient (Wildman–Crippen LogP) is 2.29. The minimum Gasteiger partial charge on any atom is -0.359 e. The van der Waals surface area contributed by atoms with Crippen molar-refractivity contribution in [3.8, 4) is 0 Å². The Morgan fingerprint density at radius 2 is 1.88 bits per heavy atom. The van der Waals surface area contributed by atoms with Gasteiger partial charge < -0.3 is 15.5 Å². The Morgan fingerprint density at radius 1 is 1.24 bits per heavy atom. The molecule has 1 saturated heterocycles. The van der Waals surface area contributed by atoms with Crippen LogP contribution in [0, 0.1) is 11.3 Å². The summed E-state index contributed by atoms with van der Waals surface area (Å²) in [7, 11) is 3.49. The van der Waals surface area contributed by atoms with Gasteiger partial charge in [-0.15, -0.1) is 0 Å². The quantitative estimate of drug-likeness (QED) is 0.636. The van der Waals surface area contributed by atoms with Crippen molar-refractivity contribution >= 4 is 11.9 Å². The van der Waals surface area contributed by atoms with E-state index in [1.165, 1.54) is 18.4 Å². The van der Waals surface area contributed by atoms with Crippen molar-refractivity contribution < 1.29 is 4.79 Å². The molecule has 5 heteroatoms. The summed E-state index contributed by atoms with van der Waals surface area (Å²) in [5, 5.41) is 6.10. The highest BCUT2D eigenvalue weighted by Gasteiger charge is 2.28. The Labute approximate surface area is 151 Å². The largest absolute Gasteiger partial charge is 0.359 e. The molecular weight excluding hydrogens is 312 g/mol. The number of carbonyl (C=O) groups is 1. The van der Waals surface area contributed by atoms with Crippen LogP contribution in [0.15, 0.2) is 35.3 Å². The first-order valence-electron chi connectivity index (χ1n) is 9.18. The van der Waals surface area contributed by atoms with E-state index in [4.69, 9.17) is 0 Å². The van der Waals surface area contributed by atoms with Crippen molar-refractivity contribution in [3.63, 3.8) is 0 Å². The fraction of sp³-hybridized carbons (Fsp3) is 0.600. The lowest BCUT2D eigenvalue weighted by Gasteiger charge is -2.35. The molecule has 0 spiro atoms. The summed E-state index contributed by atoms with van der Waals surface area (Å²) in [5.41, 5.74) is 0.965. The Bertz CT molecular complexity index is 575. The molecule has 1 aromatic carbocycles. The second-order valence-electron chi connectivity index (χ2n) is 7.48. The molecule has 2 N–H and O–H groups in total. The number of guanidine groups is 1. The van der Waals surface area contributed by atoms with Crippen molar-refractivity contribution in [3.05, 3.63) is 35.9 Å². The van der Waals surface area contributed by atoms with Crippen LogP contribution in [-0.2, 0) is 11.2 Å². The normalized spacial score (nSPS) is 16.6. The average Bonchev–Trinajstić information content (AvgIpc) is 2.63. The molecule has 0 aliphatic carbocycles. The fourth-order valence-corrected chi connectivity index (χ4v) is 3.35. The number of benzene rings is 1. The van der Waals surface area contributed by atoms with Crippen molar-refractivity contribution in [1.29, 1.82) is 0 Å². The zero-order chi connectivity index (χ0) is 18.3. The summed E-state index contributed by atoms with van der Waals surface area (Å²) in [5.74, 6) is 1.67. The molecule has 5 nitrogen and oxygen atoms in total. The van der Waals surface area contributed by atoms with Crippen LogP contribution < -0.4 is 10.6 Å². The van der Waals surface area contributed by atoms with Crippen molar-refractivity contribution in [2.45, 2.75) is 33.1 Å². The van der Waals surface area contributed by atoms with Gasteiger partial charge in [-0.3, -0.25) is 9.79 Å². The van der Waals surface area contributed by atoms with Gasteiger partial charge in [0.1, 0.15) is 0 Å². The highest BCUT2D eigenvalue weighted by molar-refractivity contribution is 5.84. The topological polar surface area (TPSA) is 56.7 Å². The highest BCUT2D eigenvalue weighted by atomic mass is 16.2. The third-order valence-electron chi connectivity index (χ3n) is 5.02. The standard InChI is InChI=1S/C20H32N4O/c1-20(2,18(25)21-3)15-23-19(22-4)24-12-10-17(11-13-24)14-16-8-6-5-7-9-16/h5-9,17H,10-15H2,1-4H3,(H,21,25)(H,22,23). The number of carbonyl (C=O) groups excluding carboxylic acids is 1. The number of rotatable bonds is 5. The molecule has 2 rings (SSSR count). The lowest BCUT2D eigenvalue weighted by atomic mass is 9.90. The summed E-state index contributed by atoms with van der Waals surface area (Å²) < 4.78 is 0. The van der Waals surface area contributed by atoms with E-state index in [1.54, 1.807) is 7.05 Å². The van der Waals surface area contributed by atoms with Crippen molar-refractivity contribution in [2.75, 3.05) is 33.7 Å². The second-order valence-corrected chi connectivity index (χ2v) is 7.48. The molecule has 1 heterocycles. The summed E-state index contributed by atoms with van der Waals surface area (Å²) in [4.78, 5) is 18.6. The molecule has 0 unspecified atom stereocenters. The molecule has 0 bridgehead atoms. The Hall–Kier alpha value is -2.04. The van der Waals surface area contributed by atoms with Crippen LogP contribution in [-0.4, -0.2) is 50.5 Å². The van der Waals surface area contributed by atoms with Crippen LogP contribution in [0.4, 0.5) is 0 Å². The van der Waals surface area contributed by atoms with Gasteiger partial charge >= 0.3 is 0 Å². The van der Waals surface area contributed by atoms with Crippen LogP contribution in [0.5, 0.6) is 0 Å². The monoisotopic (exact) mass is 344 g/mol. The van der Waals surface area contributed by atoms with Gasteiger partial charge in [-0.25, -0.2) is 0 Å². The maximum Gasteiger partial charge on any atom is 0.227 e. The number of piperidine rings is 1. The molecule has 1 fully saturated rings. The zero-order valence-corrected chi connectivity index (χ0v) is 16.0. The molecule has 1 aliphatic heterocycles. The smallest absolute Gasteiger partial charge is 0.227 e. The molecule has 1 amide bonds. The van der Waals surface area contributed by atoms with Gasteiger partial charge in [-0.1, -0.05) is 30.3 Å². The number of nitrogens with one attached hydrogen (secondary N) is 2. The van der Waals surface area contributed by atoms with Gasteiger partial charge in [0.05, 0.1) is 5.41 Å². The number of hydrogen-bond acceptors (Lipinski definition) is 2. The molecule has 25 heavy (non-hydrogen) atoms. The number of aliphatic imine (C=N–C) groups is 1. The van der Waals surface area contributed by atoms with Crippen molar-refractivity contribution in [2.24, 2.45) is 16.3 Å². The van der Waals surface area contributed by atoms with Gasteiger partial charge in [-0.05, 0) is 44.6 Å². The van der Waals surface area contributed by atoms with E-state index >= 15 is 0 Å². The lowest BCUT2D eigenvalue weighted by Crippen LogP contribution is -2.50. The first kappa shape index (κ1) is 19.3. The van der Waals surface area contributed by atoms with Crippen molar-refractivity contribution in [1.82, 2.24) is 15.5 Å². The molecular formula is C20H32N4O. The van der Waals surface area contributed by atoms with E-state index in [9.17, 15) is 4.79 Å². The molecule has 138 valence electrons. The number of hydrogen-bond donors (Lipinski definition) is 2. The van der Waals surface area contributed by atoms with E-state index in [0.29, 0.717) is 6.54 Å². The van der Waals surface area contributed by atoms with Crippen LogP contribution >= 0.6 is 0 Å². The van der Waals surface area contributed by atoms with Gasteiger partial charge in [0.25, 0.3) is 0 Å². The van der Waals surface area contributed by atoms with Gasteiger partial charge in [0.2, 0.25) is 5.91 Å².